The molecule has 0 saturated heterocycles. The van der Waals surface area contributed by atoms with Crippen LogP contribution in [0.4, 0.5) is 5.82 Å². The average molecular weight is 296 g/mol. The van der Waals surface area contributed by atoms with Crippen LogP contribution in [0.5, 0.6) is 0 Å². The van der Waals surface area contributed by atoms with Crippen LogP contribution in [0.15, 0.2) is 40.3 Å². The highest BCUT2D eigenvalue weighted by molar-refractivity contribution is 7.91. The number of anilines is 1. The smallest absolute Gasteiger partial charge is 0.328 e. The molecule has 1 atom stereocenters. The SMILES string of the molecule is CC(C(=O)O)n1nnc(S(=O)(=O)c2ccccc2)c1N. The van der Waals surface area contributed by atoms with Crippen molar-refractivity contribution in [3.8, 4) is 0 Å². The monoisotopic (exact) mass is 296 g/mol. The van der Waals surface area contributed by atoms with E-state index in [1.165, 1.54) is 19.1 Å². The van der Waals surface area contributed by atoms with Gasteiger partial charge in [-0.25, -0.2) is 17.9 Å². The van der Waals surface area contributed by atoms with Gasteiger partial charge in [0.05, 0.1) is 4.90 Å². The Kier molecular flexibility index (Phi) is 3.45. The van der Waals surface area contributed by atoms with Crippen LogP contribution in [0.25, 0.3) is 0 Å². The summed E-state index contributed by atoms with van der Waals surface area (Å²) in [4.78, 5) is 10.9. The Balaban J connectivity index is 2.53. The van der Waals surface area contributed by atoms with Crippen LogP contribution >= 0.6 is 0 Å². The van der Waals surface area contributed by atoms with Crippen molar-refractivity contribution >= 4 is 21.6 Å². The van der Waals surface area contributed by atoms with E-state index in [2.05, 4.69) is 10.3 Å². The van der Waals surface area contributed by atoms with Gasteiger partial charge in [-0.05, 0) is 19.1 Å². The highest BCUT2D eigenvalue weighted by Gasteiger charge is 2.28. The number of hydrogen-bond donors (Lipinski definition) is 2. The molecule has 8 nitrogen and oxygen atoms in total. The van der Waals surface area contributed by atoms with E-state index >= 15 is 0 Å². The van der Waals surface area contributed by atoms with E-state index in [-0.39, 0.29) is 10.7 Å². The zero-order chi connectivity index (χ0) is 14.9. The lowest BCUT2D eigenvalue weighted by Crippen LogP contribution is -2.19. The van der Waals surface area contributed by atoms with Crippen LogP contribution in [0, 0.1) is 0 Å². The van der Waals surface area contributed by atoms with Gasteiger partial charge in [-0.2, -0.15) is 0 Å². The number of aliphatic carboxylic acids is 1. The molecule has 0 saturated carbocycles. The first-order chi connectivity index (χ1) is 9.35. The summed E-state index contributed by atoms with van der Waals surface area (Å²) in [5, 5.41) is 15.5. The summed E-state index contributed by atoms with van der Waals surface area (Å²) < 4.78 is 25.5. The molecule has 0 aliphatic heterocycles. The minimum Gasteiger partial charge on any atom is -0.480 e. The number of carboxylic acid groups (broad SMARTS) is 1. The summed E-state index contributed by atoms with van der Waals surface area (Å²) in [5.41, 5.74) is 5.66. The van der Waals surface area contributed by atoms with Gasteiger partial charge in [0, 0.05) is 0 Å². The highest BCUT2D eigenvalue weighted by atomic mass is 32.2. The number of benzene rings is 1. The summed E-state index contributed by atoms with van der Waals surface area (Å²) in [5.74, 6) is -1.49. The van der Waals surface area contributed by atoms with Gasteiger partial charge in [0.15, 0.2) is 11.9 Å². The number of nitrogens with two attached hydrogens (primary N) is 1. The predicted molar refractivity (Wildman–Crippen MR) is 68.7 cm³/mol. The zero-order valence-corrected chi connectivity index (χ0v) is 11.3. The first-order valence-electron chi connectivity index (χ1n) is 5.59. The van der Waals surface area contributed by atoms with Crippen LogP contribution < -0.4 is 5.73 Å². The first kappa shape index (κ1) is 14.0. The number of rotatable bonds is 4. The number of nitrogens with zero attached hydrogens (tertiary/aromatic N) is 3. The van der Waals surface area contributed by atoms with E-state index in [1.807, 2.05) is 0 Å². The fourth-order valence-electron chi connectivity index (χ4n) is 1.58. The molecular formula is C11H12N4O4S. The lowest BCUT2D eigenvalue weighted by molar-refractivity contribution is -0.140. The fraction of sp³-hybridized carbons (Fsp3) is 0.182. The molecule has 1 heterocycles. The molecule has 0 amide bonds. The van der Waals surface area contributed by atoms with Crippen molar-refractivity contribution in [1.82, 2.24) is 15.0 Å². The van der Waals surface area contributed by atoms with E-state index in [0.29, 0.717) is 0 Å². The second-order valence-electron chi connectivity index (χ2n) is 4.06. The quantitative estimate of drug-likeness (QED) is 0.832. The number of sulfone groups is 1. The van der Waals surface area contributed by atoms with E-state index in [1.54, 1.807) is 18.2 Å². The molecule has 1 aromatic carbocycles. The third-order valence-electron chi connectivity index (χ3n) is 2.73. The van der Waals surface area contributed by atoms with Gasteiger partial charge in [-0.3, -0.25) is 0 Å². The van der Waals surface area contributed by atoms with Gasteiger partial charge < -0.3 is 10.8 Å². The van der Waals surface area contributed by atoms with Crippen molar-refractivity contribution < 1.29 is 18.3 Å². The van der Waals surface area contributed by atoms with Crippen LogP contribution in [0.3, 0.4) is 0 Å². The molecule has 0 fully saturated rings. The Bertz CT molecular complexity index is 739. The summed E-state index contributed by atoms with van der Waals surface area (Å²) in [6.07, 6.45) is 0. The molecule has 1 aromatic heterocycles. The van der Waals surface area contributed by atoms with Crippen LogP contribution in [-0.2, 0) is 14.6 Å². The maximum Gasteiger partial charge on any atom is 0.328 e. The molecule has 106 valence electrons. The second kappa shape index (κ2) is 4.93. The van der Waals surface area contributed by atoms with Crippen molar-refractivity contribution in [3.63, 3.8) is 0 Å². The third-order valence-corrected chi connectivity index (χ3v) is 4.42. The molecule has 20 heavy (non-hydrogen) atoms. The standard InChI is InChI=1S/C11H12N4O4S/c1-7(11(16)17)15-9(12)10(13-14-15)20(18,19)8-5-3-2-4-6-8/h2-7H,12H2,1H3,(H,16,17). The molecule has 2 aromatic rings. The van der Waals surface area contributed by atoms with Gasteiger partial charge in [-0.1, -0.05) is 23.4 Å². The number of hydrogen-bond acceptors (Lipinski definition) is 6. The minimum absolute atomic E-state index is 0.0155. The van der Waals surface area contributed by atoms with Crippen LogP contribution in [-0.4, -0.2) is 34.5 Å². The number of nitrogen functional groups attached to an aromatic ring is 1. The summed E-state index contributed by atoms with van der Waals surface area (Å²) in [6, 6.07) is 6.48. The number of carboxylic acids is 1. The van der Waals surface area contributed by atoms with Gasteiger partial charge in [0.25, 0.3) is 0 Å². The molecule has 9 heteroatoms. The van der Waals surface area contributed by atoms with Crippen LogP contribution in [0.2, 0.25) is 0 Å². The van der Waals surface area contributed by atoms with Gasteiger partial charge in [0.1, 0.15) is 0 Å². The Morgan fingerprint density at radius 1 is 1.35 bits per heavy atom. The van der Waals surface area contributed by atoms with E-state index in [0.717, 1.165) is 4.68 Å². The Hall–Kier alpha value is -2.42. The van der Waals surface area contributed by atoms with Gasteiger partial charge >= 0.3 is 5.97 Å². The van der Waals surface area contributed by atoms with E-state index < -0.39 is 26.9 Å². The molecule has 0 radical (unpaired) electrons. The van der Waals surface area contributed by atoms with Crippen LogP contribution in [0.1, 0.15) is 13.0 Å². The molecule has 3 N–H and O–H groups in total. The molecule has 0 aliphatic carbocycles. The number of aromatic nitrogens is 3. The highest BCUT2D eigenvalue weighted by Crippen LogP contribution is 2.25. The predicted octanol–water partition coefficient (Wildman–Crippen LogP) is 0.339. The van der Waals surface area contributed by atoms with Crippen molar-refractivity contribution in [2.75, 3.05) is 5.73 Å². The normalized spacial score (nSPS) is 13.1. The Labute approximate surface area is 114 Å². The molecule has 0 bridgehead atoms. The minimum atomic E-state index is -3.92. The summed E-state index contributed by atoms with van der Waals surface area (Å²) >= 11 is 0. The zero-order valence-electron chi connectivity index (χ0n) is 10.5. The lowest BCUT2D eigenvalue weighted by atomic mass is 10.3. The first-order valence-corrected chi connectivity index (χ1v) is 7.07. The molecule has 1 unspecified atom stereocenters. The Morgan fingerprint density at radius 2 is 1.95 bits per heavy atom. The average Bonchev–Trinajstić information content (AvgIpc) is 2.81. The largest absolute Gasteiger partial charge is 0.480 e. The second-order valence-corrected chi connectivity index (χ2v) is 5.92. The maximum atomic E-state index is 12.3. The molecule has 0 aliphatic rings. The van der Waals surface area contributed by atoms with Gasteiger partial charge in [0.2, 0.25) is 14.9 Å². The topological polar surface area (TPSA) is 128 Å². The van der Waals surface area contributed by atoms with E-state index in [9.17, 15) is 13.2 Å². The van der Waals surface area contributed by atoms with Crippen molar-refractivity contribution in [2.24, 2.45) is 0 Å². The Morgan fingerprint density at radius 3 is 2.50 bits per heavy atom. The van der Waals surface area contributed by atoms with Crippen molar-refractivity contribution in [1.29, 1.82) is 0 Å². The summed E-state index contributed by atoms with van der Waals surface area (Å²) in [6.45, 7) is 1.33. The van der Waals surface area contributed by atoms with Crippen molar-refractivity contribution in [2.45, 2.75) is 22.9 Å². The third kappa shape index (κ3) is 2.23. The van der Waals surface area contributed by atoms with E-state index in [4.69, 9.17) is 10.8 Å². The number of carbonyl (C=O) groups is 1. The summed E-state index contributed by atoms with van der Waals surface area (Å²) in [7, 11) is -3.92. The maximum absolute atomic E-state index is 12.3. The molecule has 0 spiro atoms. The fourth-order valence-corrected chi connectivity index (χ4v) is 2.83. The van der Waals surface area contributed by atoms with Crippen molar-refractivity contribution in [3.05, 3.63) is 30.3 Å². The lowest BCUT2D eigenvalue weighted by Gasteiger charge is -2.07. The molecule has 2 rings (SSSR count). The molecular weight excluding hydrogens is 284 g/mol. The van der Waals surface area contributed by atoms with Gasteiger partial charge in [-0.15, -0.1) is 5.10 Å².